The summed E-state index contributed by atoms with van der Waals surface area (Å²) < 4.78 is 1.71. The zero-order valence-electron chi connectivity index (χ0n) is 8.36. The maximum Gasteiger partial charge on any atom is 0.254 e. The predicted molar refractivity (Wildman–Crippen MR) is 54.3 cm³/mol. The van der Waals surface area contributed by atoms with E-state index in [0.717, 1.165) is 24.5 Å². The van der Waals surface area contributed by atoms with Crippen LogP contribution in [0.4, 0.5) is 5.82 Å². The van der Waals surface area contributed by atoms with Crippen molar-refractivity contribution < 1.29 is 0 Å². The van der Waals surface area contributed by atoms with Gasteiger partial charge in [-0.2, -0.15) is 14.6 Å². The Morgan fingerprint density at radius 1 is 1.50 bits per heavy atom. The number of hydrogen-bond donors (Lipinski definition) is 1. The van der Waals surface area contributed by atoms with E-state index >= 15 is 0 Å². The highest BCUT2D eigenvalue weighted by Crippen LogP contribution is 2.09. The van der Waals surface area contributed by atoms with Gasteiger partial charge in [0.1, 0.15) is 12.1 Å². The van der Waals surface area contributed by atoms with Crippen LogP contribution in [0.5, 0.6) is 0 Å². The maximum absolute atomic E-state index is 4.25. The standard InChI is InChI=1S/C9H13N5/c1-3-4-10-8-5-7(2)13-9-11-6-12-14(8)9/h5-6,10H,3-4H2,1-2H3. The number of nitrogens with one attached hydrogen (secondary N) is 1. The number of hydrogen-bond acceptors (Lipinski definition) is 4. The van der Waals surface area contributed by atoms with Gasteiger partial charge in [0, 0.05) is 18.3 Å². The normalized spacial score (nSPS) is 10.7. The van der Waals surface area contributed by atoms with Crippen molar-refractivity contribution in [3.05, 3.63) is 18.1 Å². The quantitative estimate of drug-likeness (QED) is 0.793. The third-order valence-corrected chi connectivity index (χ3v) is 1.94. The molecule has 0 radical (unpaired) electrons. The van der Waals surface area contributed by atoms with E-state index in [-0.39, 0.29) is 0 Å². The molecule has 2 heterocycles. The van der Waals surface area contributed by atoms with E-state index in [0.29, 0.717) is 5.78 Å². The highest BCUT2D eigenvalue weighted by atomic mass is 15.3. The molecule has 0 aliphatic heterocycles. The van der Waals surface area contributed by atoms with Crippen molar-refractivity contribution in [3.63, 3.8) is 0 Å². The molecule has 2 rings (SSSR count). The average Bonchev–Trinajstić information content (AvgIpc) is 2.61. The molecule has 0 fully saturated rings. The van der Waals surface area contributed by atoms with E-state index in [9.17, 15) is 0 Å². The third kappa shape index (κ3) is 1.53. The number of rotatable bonds is 3. The Hall–Kier alpha value is -1.65. The molecule has 1 N–H and O–H groups in total. The topological polar surface area (TPSA) is 55.1 Å². The van der Waals surface area contributed by atoms with Crippen LogP contribution in [-0.2, 0) is 0 Å². The van der Waals surface area contributed by atoms with Gasteiger partial charge in [0.25, 0.3) is 5.78 Å². The highest BCUT2D eigenvalue weighted by Gasteiger charge is 2.03. The second kappa shape index (κ2) is 3.61. The lowest BCUT2D eigenvalue weighted by Gasteiger charge is -2.06. The van der Waals surface area contributed by atoms with Gasteiger partial charge in [-0.25, -0.2) is 4.98 Å². The van der Waals surface area contributed by atoms with Crippen LogP contribution in [0.3, 0.4) is 0 Å². The van der Waals surface area contributed by atoms with Gasteiger partial charge in [0.2, 0.25) is 0 Å². The molecule has 0 amide bonds. The monoisotopic (exact) mass is 191 g/mol. The summed E-state index contributed by atoms with van der Waals surface area (Å²) >= 11 is 0. The van der Waals surface area contributed by atoms with Crippen molar-refractivity contribution >= 4 is 11.6 Å². The first-order valence-electron chi connectivity index (χ1n) is 4.72. The van der Waals surface area contributed by atoms with Crippen molar-refractivity contribution in [2.24, 2.45) is 0 Å². The van der Waals surface area contributed by atoms with Gasteiger partial charge >= 0.3 is 0 Å². The second-order valence-electron chi connectivity index (χ2n) is 3.18. The molecule has 0 aromatic carbocycles. The number of nitrogens with zero attached hydrogens (tertiary/aromatic N) is 4. The molecule has 0 atom stereocenters. The number of anilines is 1. The zero-order valence-corrected chi connectivity index (χ0v) is 8.36. The first-order chi connectivity index (χ1) is 6.81. The summed E-state index contributed by atoms with van der Waals surface area (Å²) in [5.74, 6) is 1.59. The summed E-state index contributed by atoms with van der Waals surface area (Å²) in [4.78, 5) is 8.30. The summed E-state index contributed by atoms with van der Waals surface area (Å²) in [5, 5.41) is 7.38. The average molecular weight is 191 g/mol. The number of fused-ring (bicyclic) bond motifs is 1. The zero-order chi connectivity index (χ0) is 9.97. The molecule has 2 aromatic rings. The molecule has 0 bridgehead atoms. The molecule has 2 aromatic heterocycles. The molecular weight excluding hydrogens is 178 g/mol. The van der Waals surface area contributed by atoms with Crippen molar-refractivity contribution in [2.75, 3.05) is 11.9 Å². The molecule has 0 aliphatic carbocycles. The van der Waals surface area contributed by atoms with E-state index < -0.39 is 0 Å². The minimum Gasteiger partial charge on any atom is -0.370 e. The van der Waals surface area contributed by atoms with E-state index in [1.165, 1.54) is 6.33 Å². The molecule has 74 valence electrons. The van der Waals surface area contributed by atoms with Crippen molar-refractivity contribution in [3.8, 4) is 0 Å². The lowest BCUT2D eigenvalue weighted by atomic mass is 10.4. The third-order valence-electron chi connectivity index (χ3n) is 1.94. The minimum atomic E-state index is 0.642. The number of aryl methyl sites for hydroxylation is 1. The van der Waals surface area contributed by atoms with Crippen LogP contribution in [0.15, 0.2) is 12.4 Å². The lowest BCUT2D eigenvalue weighted by molar-refractivity contribution is 0.896. The molecular formula is C9H13N5. The van der Waals surface area contributed by atoms with Crippen molar-refractivity contribution in [1.29, 1.82) is 0 Å². The Kier molecular flexibility index (Phi) is 2.30. The molecule has 0 spiro atoms. The first-order valence-corrected chi connectivity index (χ1v) is 4.72. The van der Waals surface area contributed by atoms with Crippen LogP contribution in [0.2, 0.25) is 0 Å². The van der Waals surface area contributed by atoms with Crippen LogP contribution >= 0.6 is 0 Å². The summed E-state index contributed by atoms with van der Waals surface area (Å²) in [6.07, 6.45) is 2.59. The molecule has 0 saturated carbocycles. The summed E-state index contributed by atoms with van der Waals surface area (Å²) in [6, 6.07) is 1.97. The van der Waals surface area contributed by atoms with Crippen LogP contribution < -0.4 is 5.32 Å². The van der Waals surface area contributed by atoms with Crippen LogP contribution in [-0.4, -0.2) is 26.1 Å². The summed E-state index contributed by atoms with van der Waals surface area (Å²) in [7, 11) is 0. The van der Waals surface area contributed by atoms with Gasteiger partial charge in [-0.1, -0.05) is 6.92 Å². The summed E-state index contributed by atoms with van der Waals surface area (Å²) in [5.41, 5.74) is 0.948. The fraction of sp³-hybridized carbons (Fsp3) is 0.444. The Morgan fingerprint density at radius 2 is 2.36 bits per heavy atom. The van der Waals surface area contributed by atoms with Gasteiger partial charge in [0.05, 0.1) is 0 Å². The largest absolute Gasteiger partial charge is 0.370 e. The predicted octanol–water partition coefficient (Wildman–Crippen LogP) is 1.25. The van der Waals surface area contributed by atoms with Crippen molar-refractivity contribution in [2.45, 2.75) is 20.3 Å². The van der Waals surface area contributed by atoms with Gasteiger partial charge in [0.15, 0.2) is 0 Å². The number of aromatic nitrogens is 4. The lowest BCUT2D eigenvalue weighted by Crippen LogP contribution is -2.07. The summed E-state index contributed by atoms with van der Waals surface area (Å²) in [6.45, 7) is 5.00. The Morgan fingerprint density at radius 3 is 3.14 bits per heavy atom. The molecule has 0 saturated heterocycles. The highest BCUT2D eigenvalue weighted by molar-refractivity contribution is 5.44. The molecule has 5 heteroatoms. The van der Waals surface area contributed by atoms with Gasteiger partial charge in [-0.05, 0) is 13.3 Å². The molecule has 0 unspecified atom stereocenters. The van der Waals surface area contributed by atoms with Gasteiger partial charge < -0.3 is 5.32 Å². The Bertz CT molecular complexity index is 434. The molecule has 0 aliphatic rings. The van der Waals surface area contributed by atoms with Crippen molar-refractivity contribution in [1.82, 2.24) is 19.6 Å². The maximum atomic E-state index is 4.25. The SMILES string of the molecule is CCCNc1cc(C)nc2ncnn12. The van der Waals surface area contributed by atoms with Gasteiger partial charge in [-0.3, -0.25) is 0 Å². The smallest absolute Gasteiger partial charge is 0.254 e. The van der Waals surface area contributed by atoms with E-state index in [4.69, 9.17) is 0 Å². The van der Waals surface area contributed by atoms with E-state index in [1.54, 1.807) is 4.52 Å². The van der Waals surface area contributed by atoms with E-state index in [2.05, 4.69) is 27.3 Å². The fourth-order valence-electron chi connectivity index (χ4n) is 1.31. The minimum absolute atomic E-state index is 0.642. The van der Waals surface area contributed by atoms with Crippen LogP contribution in [0.1, 0.15) is 19.0 Å². The first kappa shape index (κ1) is 8.93. The Balaban J connectivity index is 2.44. The second-order valence-corrected chi connectivity index (χ2v) is 3.18. The van der Waals surface area contributed by atoms with Crippen LogP contribution in [0, 0.1) is 6.92 Å². The Labute approximate surface area is 82.2 Å². The molecule has 5 nitrogen and oxygen atoms in total. The van der Waals surface area contributed by atoms with Crippen LogP contribution in [0.25, 0.3) is 5.78 Å². The van der Waals surface area contributed by atoms with Gasteiger partial charge in [-0.15, -0.1) is 0 Å². The molecule has 14 heavy (non-hydrogen) atoms. The van der Waals surface area contributed by atoms with E-state index in [1.807, 2.05) is 13.0 Å². The fourth-order valence-corrected chi connectivity index (χ4v) is 1.31.